The largest absolute Gasteiger partial charge is 0.308 e. The molecular formula is C17H21BrN2O2S. The van der Waals surface area contributed by atoms with E-state index in [2.05, 4.69) is 15.9 Å². The number of halogens is 1. The summed E-state index contributed by atoms with van der Waals surface area (Å²) in [6.45, 7) is 1.48. The second-order valence-corrected chi connectivity index (χ2v) is 8.43. The van der Waals surface area contributed by atoms with Crippen molar-refractivity contribution in [3.8, 4) is 0 Å². The third kappa shape index (κ3) is 5.14. The molecule has 0 heterocycles. The van der Waals surface area contributed by atoms with E-state index in [1.54, 1.807) is 24.3 Å². The summed E-state index contributed by atoms with van der Waals surface area (Å²) < 4.78 is 28.3. The maximum absolute atomic E-state index is 13.0. The Bertz CT molecular complexity index is 716. The predicted octanol–water partition coefficient (Wildman–Crippen LogP) is 3.20. The number of hydrogen-bond donors (Lipinski definition) is 0. The highest BCUT2D eigenvalue weighted by Gasteiger charge is 2.24. The summed E-state index contributed by atoms with van der Waals surface area (Å²) in [5, 5.41) is 0. The minimum Gasteiger partial charge on any atom is -0.308 e. The van der Waals surface area contributed by atoms with Gasteiger partial charge in [-0.3, -0.25) is 0 Å². The van der Waals surface area contributed by atoms with Gasteiger partial charge in [0.25, 0.3) is 0 Å². The summed E-state index contributed by atoms with van der Waals surface area (Å²) in [5.41, 5.74) is 0.979. The Kier molecular flexibility index (Phi) is 6.35. The summed E-state index contributed by atoms with van der Waals surface area (Å²) in [4.78, 5) is 2.30. The van der Waals surface area contributed by atoms with Crippen LogP contribution in [-0.2, 0) is 16.6 Å². The molecule has 0 unspecified atom stereocenters. The molecule has 2 aromatic carbocycles. The Morgan fingerprint density at radius 3 is 2.09 bits per heavy atom. The van der Waals surface area contributed by atoms with Crippen LogP contribution in [0.3, 0.4) is 0 Å². The number of sulfonamides is 1. The summed E-state index contributed by atoms with van der Waals surface area (Å²) in [6.07, 6.45) is 0. The van der Waals surface area contributed by atoms with Crippen molar-refractivity contribution < 1.29 is 8.42 Å². The summed E-state index contributed by atoms with van der Waals surface area (Å²) >= 11 is 3.34. The highest BCUT2D eigenvalue weighted by atomic mass is 79.9. The molecule has 2 aromatic rings. The second kappa shape index (κ2) is 8.06. The third-order valence-corrected chi connectivity index (χ3v) is 5.84. The average Bonchev–Trinajstić information content (AvgIpc) is 2.52. The predicted molar refractivity (Wildman–Crippen MR) is 96.7 cm³/mol. The normalized spacial score (nSPS) is 12.0. The first kappa shape index (κ1) is 18.1. The van der Waals surface area contributed by atoms with Crippen LogP contribution >= 0.6 is 15.9 Å². The molecule has 0 radical (unpaired) electrons. The van der Waals surface area contributed by atoms with Crippen molar-refractivity contribution in [2.75, 3.05) is 27.2 Å². The minimum absolute atomic E-state index is 0.315. The Labute approximate surface area is 146 Å². The molecule has 23 heavy (non-hydrogen) atoms. The lowest BCUT2D eigenvalue weighted by atomic mass is 10.2. The van der Waals surface area contributed by atoms with E-state index in [0.29, 0.717) is 24.5 Å². The van der Waals surface area contributed by atoms with Gasteiger partial charge in [0.15, 0.2) is 0 Å². The average molecular weight is 397 g/mol. The molecule has 0 fully saturated rings. The van der Waals surface area contributed by atoms with E-state index in [9.17, 15) is 8.42 Å². The maximum atomic E-state index is 13.0. The molecule has 0 atom stereocenters. The number of hydrogen-bond acceptors (Lipinski definition) is 3. The van der Waals surface area contributed by atoms with E-state index in [4.69, 9.17) is 0 Å². The molecule has 0 aliphatic heterocycles. The highest BCUT2D eigenvalue weighted by Crippen LogP contribution is 2.20. The highest BCUT2D eigenvalue weighted by molar-refractivity contribution is 9.10. The number of nitrogens with zero attached hydrogens (tertiary/aromatic N) is 2. The number of benzene rings is 2. The molecular weight excluding hydrogens is 376 g/mol. The lowest BCUT2D eigenvalue weighted by Gasteiger charge is -2.24. The van der Waals surface area contributed by atoms with Gasteiger partial charge in [-0.25, -0.2) is 8.42 Å². The van der Waals surface area contributed by atoms with Gasteiger partial charge in [0.1, 0.15) is 0 Å². The van der Waals surface area contributed by atoms with Gasteiger partial charge in [0.05, 0.1) is 4.90 Å². The molecule has 124 valence electrons. The first-order chi connectivity index (χ1) is 10.9. The molecule has 2 rings (SSSR count). The van der Waals surface area contributed by atoms with E-state index in [1.165, 1.54) is 4.31 Å². The number of rotatable bonds is 7. The molecule has 0 aliphatic carbocycles. The van der Waals surface area contributed by atoms with Gasteiger partial charge < -0.3 is 4.90 Å². The number of likely N-dealkylation sites (N-methyl/N-ethyl adjacent to an activating group) is 1. The Morgan fingerprint density at radius 2 is 1.52 bits per heavy atom. The Hall–Kier alpha value is -1.21. The van der Waals surface area contributed by atoms with E-state index in [0.717, 1.165) is 10.0 Å². The quantitative estimate of drug-likeness (QED) is 0.721. The van der Waals surface area contributed by atoms with E-state index >= 15 is 0 Å². The maximum Gasteiger partial charge on any atom is 0.243 e. The zero-order valence-corrected chi connectivity index (χ0v) is 15.7. The molecule has 0 saturated heterocycles. The van der Waals surface area contributed by atoms with Crippen LogP contribution in [0, 0.1) is 0 Å². The first-order valence-corrected chi connectivity index (χ1v) is 9.57. The van der Waals surface area contributed by atoms with Crippen molar-refractivity contribution in [1.29, 1.82) is 0 Å². The van der Waals surface area contributed by atoms with Crippen molar-refractivity contribution in [2.24, 2.45) is 0 Å². The van der Waals surface area contributed by atoms with E-state index in [-0.39, 0.29) is 0 Å². The molecule has 0 bridgehead atoms. The zero-order chi connectivity index (χ0) is 16.9. The minimum atomic E-state index is -3.53. The van der Waals surface area contributed by atoms with Crippen LogP contribution in [0.5, 0.6) is 0 Å². The van der Waals surface area contributed by atoms with Crippen molar-refractivity contribution in [2.45, 2.75) is 11.4 Å². The van der Waals surface area contributed by atoms with E-state index < -0.39 is 10.0 Å². The Balaban J connectivity index is 2.29. The smallest absolute Gasteiger partial charge is 0.243 e. The fourth-order valence-corrected chi connectivity index (χ4v) is 3.82. The van der Waals surface area contributed by atoms with Crippen molar-refractivity contribution in [3.63, 3.8) is 0 Å². The molecule has 4 nitrogen and oxygen atoms in total. The molecule has 0 spiro atoms. The fourth-order valence-electron chi connectivity index (χ4n) is 2.14. The van der Waals surface area contributed by atoms with Crippen molar-refractivity contribution in [1.82, 2.24) is 9.21 Å². The van der Waals surface area contributed by atoms with Gasteiger partial charge in [0.2, 0.25) is 10.0 Å². The second-order valence-electron chi connectivity index (χ2n) is 5.58. The van der Waals surface area contributed by atoms with Crippen molar-refractivity contribution in [3.05, 3.63) is 64.6 Å². The van der Waals surface area contributed by atoms with Gasteiger partial charge in [0, 0.05) is 24.1 Å². The van der Waals surface area contributed by atoms with Crippen LogP contribution in [0.1, 0.15) is 5.56 Å². The molecule has 6 heteroatoms. The topological polar surface area (TPSA) is 40.6 Å². The van der Waals surface area contributed by atoms with Gasteiger partial charge in [-0.15, -0.1) is 0 Å². The summed E-state index contributed by atoms with van der Waals surface area (Å²) in [5.74, 6) is 0. The Morgan fingerprint density at radius 1 is 0.913 bits per heavy atom. The van der Waals surface area contributed by atoms with Crippen LogP contribution in [-0.4, -0.2) is 44.8 Å². The fraction of sp³-hybridized carbons (Fsp3) is 0.294. The van der Waals surface area contributed by atoms with Crippen LogP contribution in [0.15, 0.2) is 64.0 Å². The summed E-state index contributed by atoms with van der Waals surface area (Å²) in [7, 11) is 0.349. The lowest BCUT2D eigenvalue weighted by Crippen LogP contribution is -2.36. The SMILES string of the molecule is CN(C)CCN(Cc1ccccc1)S(=O)(=O)c1ccc(Br)cc1. The standard InChI is InChI=1S/C17H21BrN2O2S/c1-19(2)12-13-20(14-15-6-4-3-5-7-15)23(21,22)17-10-8-16(18)9-11-17/h3-11H,12-14H2,1-2H3. The molecule has 0 N–H and O–H groups in total. The van der Waals surface area contributed by atoms with Crippen LogP contribution in [0.4, 0.5) is 0 Å². The third-order valence-electron chi connectivity index (χ3n) is 3.45. The monoisotopic (exact) mass is 396 g/mol. The first-order valence-electron chi connectivity index (χ1n) is 7.34. The molecule has 0 amide bonds. The van der Waals surface area contributed by atoms with Gasteiger partial charge in [-0.2, -0.15) is 4.31 Å². The molecule has 0 aliphatic rings. The van der Waals surface area contributed by atoms with Crippen molar-refractivity contribution >= 4 is 26.0 Å². The van der Waals surface area contributed by atoms with E-state index in [1.807, 2.05) is 49.3 Å². The molecule has 0 saturated carbocycles. The lowest BCUT2D eigenvalue weighted by molar-refractivity contribution is 0.329. The van der Waals surface area contributed by atoms with Crippen LogP contribution < -0.4 is 0 Å². The van der Waals surface area contributed by atoms with Crippen LogP contribution in [0.2, 0.25) is 0 Å². The van der Waals surface area contributed by atoms with Gasteiger partial charge in [-0.1, -0.05) is 46.3 Å². The van der Waals surface area contributed by atoms with Gasteiger partial charge in [-0.05, 0) is 43.9 Å². The zero-order valence-electron chi connectivity index (χ0n) is 13.3. The molecule has 0 aromatic heterocycles. The van der Waals surface area contributed by atoms with Crippen LogP contribution in [0.25, 0.3) is 0 Å². The summed E-state index contributed by atoms with van der Waals surface area (Å²) in [6, 6.07) is 16.4. The van der Waals surface area contributed by atoms with Gasteiger partial charge >= 0.3 is 0 Å².